The minimum Gasteiger partial charge on any atom is -0.252 e. The summed E-state index contributed by atoms with van der Waals surface area (Å²) in [5.74, 6) is 0. The van der Waals surface area contributed by atoms with Crippen LogP contribution < -0.4 is 10.4 Å². The van der Waals surface area contributed by atoms with Crippen molar-refractivity contribution in [1.82, 2.24) is 5.43 Å². The largest absolute Gasteiger partial charge is 0.378 e. The van der Waals surface area contributed by atoms with E-state index < -0.39 is 6.03 Å². The molecule has 3 rings (SSSR count). The standard InChI is InChI=1S/C19H16N4O/c24-19(21-20-16-10-4-1-5-11-16)22-23(17-12-6-2-7-13-17)18-14-8-3-9-15-18/h1-15H,(H,22,24). The predicted molar refractivity (Wildman–Crippen MR) is 94.5 cm³/mol. The molecular weight excluding hydrogens is 300 g/mol. The highest BCUT2D eigenvalue weighted by atomic mass is 16.2. The first kappa shape index (κ1) is 15.4. The normalized spacial score (nSPS) is 10.5. The Morgan fingerprint density at radius 1 is 0.708 bits per heavy atom. The van der Waals surface area contributed by atoms with E-state index in [1.54, 1.807) is 17.1 Å². The van der Waals surface area contributed by atoms with E-state index in [1.807, 2.05) is 78.9 Å². The minimum atomic E-state index is -0.549. The molecule has 0 aliphatic heterocycles. The summed E-state index contributed by atoms with van der Waals surface area (Å²) in [6.07, 6.45) is 0. The van der Waals surface area contributed by atoms with E-state index in [4.69, 9.17) is 0 Å². The summed E-state index contributed by atoms with van der Waals surface area (Å²) in [6.45, 7) is 0. The zero-order valence-electron chi connectivity index (χ0n) is 12.9. The second-order valence-corrected chi connectivity index (χ2v) is 4.96. The highest BCUT2D eigenvalue weighted by molar-refractivity contribution is 5.79. The second-order valence-electron chi connectivity index (χ2n) is 4.96. The van der Waals surface area contributed by atoms with Crippen molar-refractivity contribution in [2.45, 2.75) is 0 Å². The van der Waals surface area contributed by atoms with Crippen LogP contribution in [0.3, 0.4) is 0 Å². The first-order chi connectivity index (χ1) is 11.8. The van der Waals surface area contributed by atoms with Crippen LogP contribution in [0.15, 0.2) is 101 Å². The molecule has 0 radical (unpaired) electrons. The Hall–Kier alpha value is -3.47. The van der Waals surface area contributed by atoms with Gasteiger partial charge in [0.05, 0.1) is 17.1 Å². The van der Waals surface area contributed by atoms with Crippen molar-refractivity contribution in [2.24, 2.45) is 10.2 Å². The molecule has 5 heteroatoms. The fraction of sp³-hybridized carbons (Fsp3) is 0. The molecule has 0 fully saturated rings. The number of carbonyl (C=O) groups excluding carboxylic acids is 1. The number of hydrogen-bond donors (Lipinski definition) is 1. The van der Waals surface area contributed by atoms with Crippen LogP contribution in [-0.2, 0) is 0 Å². The molecule has 0 bridgehead atoms. The number of amides is 2. The van der Waals surface area contributed by atoms with E-state index in [-0.39, 0.29) is 0 Å². The first-order valence-electron chi connectivity index (χ1n) is 7.50. The number of anilines is 2. The Bertz CT molecular complexity index is 765. The van der Waals surface area contributed by atoms with Gasteiger partial charge in [-0.05, 0) is 36.4 Å². The Morgan fingerprint density at radius 2 is 1.17 bits per heavy atom. The lowest BCUT2D eigenvalue weighted by Crippen LogP contribution is -2.37. The molecule has 0 spiro atoms. The van der Waals surface area contributed by atoms with Crippen LogP contribution in [0.1, 0.15) is 0 Å². The quantitative estimate of drug-likeness (QED) is 0.529. The molecule has 1 N–H and O–H groups in total. The van der Waals surface area contributed by atoms with Gasteiger partial charge in [-0.1, -0.05) is 59.7 Å². The number of hydrogen-bond acceptors (Lipinski definition) is 3. The van der Waals surface area contributed by atoms with Gasteiger partial charge >= 0.3 is 6.03 Å². The molecule has 5 nitrogen and oxygen atoms in total. The van der Waals surface area contributed by atoms with Gasteiger partial charge in [-0.25, -0.2) is 10.2 Å². The summed E-state index contributed by atoms with van der Waals surface area (Å²) in [6, 6.07) is 27.7. The van der Waals surface area contributed by atoms with Gasteiger partial charge < -0.3 is 0 Å². The molecule has 0 heterocycles. The molecule has 24 heavy (non-hydrogen) atoms. The molecule has 0 unspecified atom stereocenters. The maximum Gasteiger partial charge on any atom is 0.378 e. The molecule has 2 amide bonds. The first-order valence-corrected chi connectivity index (χ1v) is 7.50. The van der Waals surface area contributed by atoms with E-state index in [0.717, 1.165) is 11.4 Å². The van der Waals surface area contributed by atoms with Crippen LogP contribution in [0, 0.1) is 0 Å². The Labute approximate surface area is 140 Å². The molecule has 0 atom stereocenters. The number of nitrogens with one attached hydrogen (secondary N) is 1. The molecule has 0 aromatic heterocycles. The number of nitrogens with zero attached hydrogens (tertiary/aromatic N) is 3. The van der Waals surface area contributed by atoms with E-state index in [0.29, 0.717) is 5.69 Å². The smallest absolute Gasteiger partial charge is 0.252 e. The lowest BCUT2D eigenvalue weighted by atomic mass is 10.2. The summed E-state index contributed by atoms with van der Waals surface area (Å²) in [5.41, 5.74) is 5.03. The summed E-state index contributed by atoms with van der Waals surface area (Å²) in [5, 5.41) is 9.32. The molecule has 0 saturated carbocycles. The minimum absolute atomic E-state index is 0.549. The number of azo groups is 1. The molecule has 0 aliphatic carbocycles. The monoisotopic (exact) mass is 316 g/mol. The fourth-order valence-electron chi connectivity index (χ4n) is 2.15. The summed E-state index contributed by atoms with van der Waals surface area (Å²) >= 11 is 0. The topological polar surface area (TPSA) is 57.1 Å². The van der Waals surface area contributed by atoms with Crippen molar-refractivity contribution in [3.05, 3.63) is 91.0 Å². The van der Waals surface area contributed by atoms with Crippen LogP contribution in [0.2, 0.25) is 0 Å². The van der Waals surface area contributed by atoms with Crippen LogP contribution >= 0.6 is 0 Å². The van der Waals surface area contributed by atoms with Gasteiger partial charge in [0.25, 0.3) is 0 Å². The summed E-state index contributed by atoms with van der Waals surface area (Å²) in [7, 11) is 0. The number of carbonyl (C=O) groups is 1. The van der Waals surface area contributed by atoms with Gasteiger partial charge in [0.1, 0.15) is 0 Å². The SMILES string of the molecule is O=C(N=Nc1ccccc1)NN(c1ccccc1)c1ccccc1. The molecular formula is C19H16N4O. The summed E-state index contributed by atoms with van der Waals surface area (Å²) in [4.78, 5) is 12.2. The number of urea groups is 1. The van der Waals surface area contributed by atoms with E-state index >= 15 is 0 Å². The van der Waals surface area contributed by atoms with Crippen LogP contribution in [0.5, 0.6) is 0 Å². The zero-order valence-corrected chi connectivity index (χ0v) is 12.9. The van der Waals surface area contributed by atoms with Gasteiger partial charge in [-0.2, -0.15) is 0 Å². The fourth-order valence-corrected chi connectivity index (χ4v) is 2.15. The number of hydrazine groups is 1. The second kappa shape index (κ2) is 7.69. The van der Waals surface area contributed by atoms with Gasteiger partial charge in [0, 0.05) is 0 Å². The van der Waals surface area contributed by atoms with Crippen molar-refractivity contribution < 1.29 is 4.79 Å². The van der Waals surface area contributed by atoms with Gasteiger partial charge in [0.2, 0.25) is 0 Å². The highest BCUT2D eigenvalue weighted by Crippen LogP contribution is 2.22. The molecule has 0 saturated heterocycles. The average Bonchev–Trinajstić information content (AvgIpc) is 2.67. The molecule has 3 aromatic rings. The van der Waals surface area contributed by atoms with Crippen molar-refractivity contribution in [1.29, 1.82) is 0 Å². The van der Waals surface area contributed by atoms with Crippen LogP contribution in [0.4, 0.5) is 21.9 Å². The molecule has 3 aromatic carbocycles. The lowest BCUT2D eigenvalue weighted by molar-refractivity contribution is 0.248. The van der Waals surface area contributed by atoms with Gasteiger partial charge in [0.15, 0.2) is 0 Å². The van der Waals surface area contributed by atoms with E-state index in [1.165, 1.54) is 0 Å². The van der Waals surface area contributed by atoms with E-state index in [2.05, 4.69) is 15.7 Å². The number of rotatable bonds is 4. The summed E-state index contributed by atoms with van der Waals surface area (Å²) < 4.78 is 0. The predicted octanol–water partition coefficient (Wildman–Crippen LogP) is 5.23. The highest BCUT2D eigenvalue weighted by Gasteiger charge is 2.11. The number of benzene rings is 3. The third-order valence-electron chi connectivity index (χ3n) is 3.25. The van der Waals surface area contributed by atoms with Crippen molar-refractivity contribution >= 4 is 23.1 Å². The number of para-hydroxylation sites is 2. The maximum atomic E-state index is 12.2. The Balaban J connectivity index is 1.80. The van der Waals surface area contributed by atoms with Crippen LogP contribution in [0.25, 0.3) is 0 Å². The molecule has 118 valence electrons. The Morgan fingerprint density at radius 3 is 1.67 bits per heavy atom. The Kier molecular flexibility index (Phi) is 4.94. The molecule has 0 aliphatic rings. The van der Waals surface area contributed by atoms with Crippen LogP contribution in [-0.4, -0.2) is 6.03 Å². The lowest BCUT2D eigenvalue weighted by Gasteiger charge is -2.24. The van der Waals surface area contributed by atoms with Gasteiger partial charge in [-0.3, -0.25) is 5.01 Å². The average molecular weight is 316 g/mol. The van der Waals surface area contributed by atoms with Crippen molar-refractivity contribution in [2.75, 3.05) is 5.01 Å². The third kappa shape index (κ3) is 4.04. The maximum absolute atomic E-state index is 12.2. The van der Waals surface area contributed by atoms with Crippen molar-refractivity contribution in [3.8, 4) is 0 Å². The third-order valence-corrected chi connectivity index (χ3v) is 3.25. The zero-order chi connectivity index (χ0) is 16.6. The van der Waals surface area contributed by atoms with Crippen molar-refractivity contribution in [3.63, 3.8) is 0 Å². The van der Waals surface area contributed by atoms with E-state index in [9.17, 15) is 4.79 Å². The van der Waals surface area contributed by atoms with Gasteiger partial charge in [-0.15, -0.1) is 5.11 Å².